The summed E-state index contributed by atoms with van der Waals surface area (Å²) in [6.07, 6.45) is 14.5. The first-order valence-electron chi connectivity index (χ1n) is 14.4. The van der Waals surface area contributed by atoms with Crippen LogP contribution in [-0.4, -0.2) is 13.0 Å². The predicted molar refractivity (Wildman–Crippen MR) is 132 cm³/mol. The Morgan fingerprint density at radius 2 is 1.00 bits per heavy atom. The molecule has 8 bridgehead atoms. The number of hydrogen-bond acceptors (Lipinski definition) is 3. The molecule has 4 heteroatoms. The van der Waals surface area contributed by atoms with E-state index < -0.39 is 10.1 Å². The van der Waals surface area contributed by atoms with Gasteiger partial charge in [-0.05, 0) is 136 Å². The van der Waals surface area contributed by atoms with Crippen LogP contribution in [0.25, 0.3) is 0 Å². The smallest absolute Gasteiger partial charge is 0.125 e. The molecule has 8 saturated carbocycles. The third-order valence-electron chi connectivity index (χ3n) is 12.6. The summed E-state index contributed by atoms with van der Waals surface area (Å²) in [5, 5.41) is 0. The second-order valence-electron chi connectivity index (χ2n) is 13.5. The second kappa shape index (κ2) is 7.34. The molecule has 0 heterocycles. The molecule has 0 radical (unpaired) electrons. The first kappa shape index (κ1) is 22.3. The molecule has 0 saturated heterocycles. The zero-order chi connectivity index (χ0) is 23.5. The van der Waals surface area contributed by atoms with Gasteiger partial charge in [-0.2, -0.15) is 0 Å². The highest BCUT2D eigenvalue weighted by Gasteiger charge is 2.60. The summed E-state index contributed by atoms with van der Waals surface area (Å²) in [4.78, 5) is 0.249. The Labute approximate surface area is 206 Å². The summed E-state index contributed by atoms with van der Waals surface area (Å²) >= 11 is 0. The minimum atomic E-state index is -4.58. The lowest BCUT2D eigenvalue weighted by molar-refractivity contribution is -0.0686. The van der Waals surface area contributed by atoms with Crippen molar-refractivity contribution in [3.63, 3.8) is 0 Å². The van der Waals surface area contributed by atoms with Gasteiger partial charge < -0.3 is 4.55 Å². The Hall–Kier alpha value is -0.870. The Kier molecular flexibility index (Phi) is 4.82. The fourth-order valence-corrected chi connectivity index (χ4v) is 13.1. The van der Waals surface area contributed by atoms with E-state index in [0.29, 0.717) is 23.7 Å². The summed E-state index contributed by atoms with van der Waals surface area (Å²) in [5.41, 5.74) is 1.63. The van der Waals surface area contributed by atoms with Crippen molar-refractivity contribution in [2.24, 2.45) is 47.3 Å². The van der Waals surface area contributed by atoms with Crippen molar-refractivity contribution < 1.29 is 13.0 Å². The van der Waals surface area contributed by atoms with Crippen LogP contribution < -0.4 is 0 Å². The highest BCUT2D eigenvalue weighted by Crippen LogP contribution is 2.67. The first-order chi connectivity index (χ1) is 16.3. The van der Waals surface area contributed by atoms with Crippen molar-refractivity contribution in [2.75, 3.05) is 0 Å². The summed E-state index contributed by atoms with van der Waals surface area (Å²) in [5.74, 6) is 5.46. The van der Waals surface area contributed by atoms with Crippen LogP contribution in [0, 0.1) is 47.3 Å². The standard InChI is InChI=1S/C30H42O3S/c1-3-29(22-10-18-8-19(12-22)13-23(29)11-18)26-6-5-7-27(28(26)34(31,32)33)30(4-2)24-14-20-9-21(16-24)17-25(30)15-20/h5-7,18-25H,3-4,8-17H2,1-2H3,(H,31,32,33)/p-1. The Morgan fingerprint density at radius 1 is 0.676 bits per heavy atom. The van der Waals surface area contributed by atoms with Gasteiger partial charge in [0, 0.05) is 10.8 Å². The lowest BCUT2D eigenvalue weighted by Crippen LogP contribution is -2.57. The van der Waals surface area contributed by atoms with Gasteiger partial charge in [0.1, 0.15) is 10.1 Å². The molecule has 0 amide bonds. The minimum Gasteiger partial charge on any atom is -0.744 e. The van der Waals surface area contributed by atoms with Crippen LogP contribution >= 0.6 is 0 Å². The van der Waals surface area contributed by atoms with Gasteiger partial charge in [-0.15, -0.1) is 0 Å². The third kappa shape index (κ3) is 2.76. The Balaban J connectivity index is 1.45. The second-order valence-corrected chi connectivity index (χ2v) is 14.8. The minimum absolute atomic E-state index is 0.128. The van der Waals surface area contributed by atoms with Gasteiger partial charge in [0.25, 0.3) is 0 Å². The molecular weight excluding hydrogens is 440 g/mol. The van der Waals surface area contributed by atoms with E-state index in [-0.39, 0.29) is 15.7 Å². The maximum atomic E-state index is 13.3. The van der Waals surface area contributed by atoms with Crippen molar-refractivity contribution in [1.82, 2.24) is 0 Å². The molecule has 0 aliphatic heterocycles. The molecule has 0 N–H and O–H groups in total. The average molecular weight is 482 g/mol. The fraction of sp³-hybridized carbons (Fsp3) is 0.800. The molecule has 0 atom stereocenters. The predicted octanol–water partition coefficient (Wildman–Crippen LogP) is 6.80. The van der Waals surface area contributed by atoms with Crippen molar-refractivity contribution in [1.29, 1.82) is 0 Å². The van der Waals surface area contributed by atoms with Gasteiger partial charge in [-0.25, -0.2) is 8.42 Å². The summed E-state index contributed by atoms with van der Waals surface area (Å²) < 4.78 is 39.9. The van der Waals surface area contributed by atoms with E-state index in [1.165, 1.54) is 64.2 Å². The van der Waals surface area contributed by atoms with Crippen molar-refractivity contribution >= 4 is 10.1 Å². The molecule has 9 rings (SSSR count). The van der Waals surface area contributed by atoms with Crippen LogP contribution in [0.1, 0.15) is 102 Å². The Bertz CT molecular complexity index is 978. The summed E-state index contributed by atoms with van der Waals surface area (Å²) in [6, 6.07) is 6.31. The molecule has 3 nitrogen and oxygen atoms in total. The number of rotatable bonds is 5. The van der Waals surface area contributed by atoms with Crippen LogP contribution in [0.4, 0.5) is 0 Å². The van der Waals surface area contributed by atoms with E-state index in [4.69, 9.17) is 0 Å². The summed E-state index contributed by atoms with van der Waals surface area (Å²) in [7, 11) is -4.58. The summed E-state index contributed by atoms with van der Waals surface area (Å²) in [6.45, 7) is 4.54. The van der Waals surface area contributed by atoms with Crippen LogP contribution in [0.15, 0.2) is 23.1 Å². The maximum Gasteiger partial charge on any atom is 0.125 e. The molecule has 34 heavy (non-hydrogen) atoms. The quantitative estimate of drug-likeness (QED) is 0.435. The number of benzene rings is 1. The lowest BCUT2D eigenvalue weighted by Gasteiger charge is -2.63. The molecule has 1 aromatic carbocycles. The lowest BCUT2D eigenvalue weighted by atomic mass is 9.41. The molecule has 8 fully saturated rings. The van der Waals surface area contributed by atoms with Gasteiger partial charge in [-0.1, -0.05) is 32.0 Å². The third-order valence-corrected chi connectivity index (χ3v) is 13.6. The van der Waals surface area contributed by atoms with Gasteiger partial charge >= 0.3 is 0 Å². The molecular formula is C30H41O3S-. The van der Waals surface area contributed by atoms with Gasteiger partial charge in [-0.3, -0.25) is 0 Å². The van der Waals surface area contributed by atoms with E-state index in [9.17, 15) is 13.0 Å². The van der Waals surface area contributed by atoms with Gasteiger partial charge in [0.15, 0.2) is 0 Å². The van der Waals surface area contributed by atoms with Crippen LogP contribution in [-0.2, 0) is 20.9 Å². The topological polar surface area (TPSA) is 57.2 Å². The number of hydrogen-bond donors (Lipinski definition) is 0. The van der Waals surface area contributed by atoms with Crippen LogP contribution in [0.3, 0.4) is 0 Å². The van der Waals surface area contributed by atoms with Crippen molar-refractivity contribution in [3.8, 4) is 0 Å². The first-order valence-corrected chi connectivity index (χ1v) is 15.8. The average Bonchev–Trinajstić information content (AvgIpc) is 2.78. The van der Waals surface area contributed by atoms with E-state index in [0.717, 1.165) is 47.6 Å². The largest absolute Gasteiger partial charge is 0.744 e. The highest BCUT2D eigenvalue weighted by molar-refractivity contribution is 7.85. The fourth-order valence-electron chi connectivity index (χ4n) is 12.0. The van der Waals surface area contributed by atoms with E-state index in [2.05, 4.69) is 32.0 Å². The molecule has 1 aromatic rings. The monoisotopic (exact) mass is 481 g/mol. The van der Waals surface area contributed by atoms with Crippen LogP contribution in [0.5, 0.6) is 0 Å². The van der Waals surface area contributed by atoms with E-state index >= 15 is 0 Å². The zero-order valence-electron chi connectivity index (χ0n) is 21.0. The highest BCUT2D eigenvalue weighted by atomic mass is 32.2. The van der Waals surface area contributed by atoms with E-state index in [1.54, 1.807) is 0 Å². The maximum absolute atomic E-state index is 13.3. The van der Waals surface area contributed by atoms with Crippen LogP contribution in [0.2, 0.25) is 0 Å². The normalized spacial score (nSPS) is 48.6. The molecule has 8 aliphatic carbocycles. The molecule has 0 unspecified atom stereocenters. The Morgan fingerprint density at radius 3 is 1.26 bits per heavy atom. The van der Waals surface area contributed by atoms with Crippen molar-refractivity contribution in [2.45, 2.75) is 107 Å². The zero-order valence-corrected chi connectivity index (χ0v) is 21.8. The van der Waals surface area contributed by atoms with Gasteiger partial charge in [0.05, 0.1) is 4.90 Å². The molecule has 8 aliphatic rings. The SMILES string of the molecule is CCC1(c2cccc(C3(CC)C4CC5CC(C4)CC3C5)c2S(=O)(=O)[O-])C2CC3CC(C2)CC1C3. The molecule has 0 aromatic heterocycles. The van der Waals surface area contributed by atoms with Crippen molar-refractivity contribution in [3.05, 3.63) is 29.3 Å². The molecule has 0 spiro atoms. The van der Waals surface area contributed by atoms with E-state index in [1.807, 2.05) is 0 Å². The molecule has 186 valence electrons. The van der Waals surface area contributed by atoms with Gasteiger partial charge in [0.2, 0.25) is 0 Å².